The van der Waals surface area contributed by atoms with Crippen molar-refractivity contribution < 1.29 is 0 Å². The molecule has 4 heteroatoms. The van der Waals surface area contributed by atoms with Crippen LogP contribution in [0.15, 0.2) is 164 Å². The Morgan fingerprint density at radius 1 is 0.385 bits per heavy atom. The van der Waals surface area contributed by atoms with Crippen LogP contribution >= 0.6 is 11.3 Å². The van der Waals surface area contributed by atoms with Crippen molar-refractivity contribution in [3.05, 3.63) is 175 Å². The minimum atomic E-state index is -0.0234. The van der Waals surface area contributed by atoms with Crippen LogP contribution in [0.5, 0.6) is 0 Å². The van der Waals surface area contributed by atoms with Crippen LogP contribution in [0.4, 0.5) is 0 Å². The van der Waals surface area contributed by atoms with Gasteiger partial charge in [-0.15, -0.1) is 11.3 Å². The topological polar surface area (TPSA) is 38.7 Å². The lowest BCUT2D eigenvalue weighted by molar-refractivity contribution is 0.660. The number of hydrogen-bond donors (Lipinski definition) is 0. The van der Waals surface area contributed by atoms with Crippen LogP contribution in [0.3, 0.4) is 0 Å². The first-order valence-electron chi connectivity index (χ1n) is 17.7. The summed E-state index contributed by atoms with van der Waals surface area (Å²) in [5.41, 5.74) is 13.0. The molecular formula is C48H33N3S. The Bertz CT molecular complexity index is 2820. The normalized spacial score (nSPS) is 13.0. The van der Waals surface area contributed by atoms with Gasteiger partial charge in [0.05, 0.1) is 0 Å². The van der Waals surface area contributed by atoms with Gasteiger partial charge in [0, 0.05) is 42.3 Å². The lowest BCUT2D eigenvalue weighted by Gasteiger charge is -2.21. The largest absolute Gasteiger partial charge is 0.208 e. The van der Waals surface area contributed by atoms with E-state index in [2.05, 4.69) is 159 Å². The van der Waals surface area contributed by atoms with Crippen molar-refractivity contribution in [2.45, 2.75) is 19.3 Å². The number of thiophene rings is 1. The molecule has 2 aromatic heterocycles. The Labute approximate surface area is 307 Å². The molecule has 3 nitrogen and oxygen atoms in total. The average Bonchev–Trinajstić information content (AvgIpc) is 3.70. The summed E-state index contributed by atoms with van der Waals surface area (Å²) in [5, 5.41) is 2.53. The molecule has 0 aliphatic heterocycles. The molecule has 1 aliphatic carbocycles. The van der Waals surface area contributed by atoms with Crippen LogP contribution in [0.2, 0.25) is 0 Å². The maximum absolute atomic E-state index is 5.15. The molecule has 0 radical (unpaired) electrons. The predicted molar refractivity (Wildman–Crippen MR) is 217 cm³/mol. The zero-order valence-electron chi connectivity index (χ0n) is 28.8. The lowest BCUT2D eigenvalue weighted by atomic mass is 9.82. The van der Waals surface area contributed by atoms with Crippen molar-refractivity contribution in [2.75, 3.05) is 0 Å². The van der Waals surface area contributed by atoms with Gasteiger partial charge in [0.1, 0.15) is 0 Å². The number of fused-ring (bicyclic) bond motifs is 6. The van der Waals surface area contributed by atoms with Crippen molar-refractivity contribution in [3.8, 4) is 67.5 Å². The van der Waals surface area contributed by atoms with E-state index < -0.39 is 0 Å². The standard InChI is InChI=1S/C48H33N3S/c1-48(2)40-21-10-9-19-37(40)39-28-33(24-26-41(39)48)32-17-11-18-34(27-32)46-49-45(31-15-7-4-8-16-31)50-47(51-46)35-23-25-38-43(29-35)52-42-22-12-20-36(44(38)42)30-13-5-3-6-14-30/h3-29H,1-2H3. The fourth-order valence-electron chi connectivity index (χ4n) is 7.91. The molecule has 0 spiro atoms. The van der Waals surface area contributed by atoms with Crippen LogP contribution in [-0.2, 0) is 5.41 Å². The van der Waals surface area contributed by atoms with Gasteiger partial charge < -0.3 is 0 Å². The molecule has 52 heavy (non-hydrogen) atoms. The Morgan fingerprint density at radius 2 is 0.942 bits per heavy atom. The van der Waals surface area contributed by atoms with E-state index in [9.17, 15) is 0 Å². The fraction of sp³-hybridized carbons (Fsp3) is 0.0625. The van der Waals surface area contributed by atoms with Crippen molar-refractivity contribution in [1.29, 1.82) is 0 Å². The molecule has 9 aromatic rings. The quantitative estimate of drug-likeness (QED) is 0.181. The second-order valence-electron chi connectivity index (χ2n) is 14.0. The summed E-state index contributed by atoms with van der Waals surface area (Å²) in [5.74, 6) is 1.97. The summed E-state index contributed by atoms with van der Waals surface area (Å²) in [7, 11) is 0. The van der Waals surface area contributed by atoms with E-state index in [0.29, 0.717) is 17.5 Å². The Balaban J connectivity index is 1.09. The number of hydrogen-bond acceptors (Lipinski definition) is 4. The Hall–Kier alpha value is -6.23. The minimum Gasteiger partial charge on any atom is -0.208 e. The molecule has 246 valence electrons. The monoisotopic (exact) mass is 683 g/mol. The molecule has 0 amide bonds. The van der Waals surface area contributed by atoms with Gasteiger partial charge in [-0.2, -0.15) is 0 Å². The molecule has 0 N–H and O–H groups in total. The van der Waals surface area contributed by atoms with E-state index in [0.717, 1.165) is 22.3 Å². The molecule has 1 aliphatic rings. The van der Waals surface area contributed by atoms with Gasteiger partial charge in [-0.05, 0) is 68.8 Å². The third-order valence-electron chi connectivity index (χ3n) is 10.5. The summed E-state index contributed by atoms with van der Waals surface area (Å²) in [6.45, 7) is 4.64. The van der Waals surface area contributed by atoms with E-state index in [1.165, 1.54) is 59.1 Å². The summed E-state index contributed by atoms with van der Waals surface area (Å²) >= 11 is 1.81. The lowest BCUT2D eigenvalue weighted by Crippen LogP contribution is -2.14. The second kappa shape index (κ2) is 11.9. The summed E-state index contributed by atoms with van der Waals surface area (Å²) in [4.78, 5) is 15.3. The van der Waals surface area contributed by atoms with Gasteiger partial charge in [-0.1, -0.05) is 153 Å². The zero-order chi connectivity index (χ0) is 34.8. The van der Waals surface area contributed by atoms with Crippen molar-refractivity contribution in [2.24, 2.45) is 0 Å². The van der Waals surface area contributed by atoms with E-state index in [1.807, 2.05) is 29.5 Å². The van der Waals surface area contributed by atoms with Crippen LogP contribution in [0, 0.1) is 0 Å². The second-order valence-corrected chi connectivity index (χ2v) is 15.1. The number of benzene rings is 7. The molecule has 0 saturated heterocycles. The average molecular weight is 684 g/mol. The first kappa shape index (κ1) is 30.6. The first-order valence-corrected chi connectivity index (χ1v) is 18.5. The van der Waals surface area contributed by atoms with E-state index in [-0.39, 0.29) is 5.41 Å². The van der Waals surface area contributed by atoms with Gasteiger partial charge in [-0.3, -0.25) is 0 Å². The molecule has 0 fully saturated rings. The van der Waals surface area contributed by atoms with Crippen LogP contribution in [0.1, 0.15) is 25.0 Å². The highest BCUT2D eigenvalue weighted by Crippen LogP contribution is 2.49. The number of nitrogens with zero attached hydrogens (tertiary/aromatic N) is 3. The van der Waals surface area contributed by atoms with Gasteiger partial charge in [0.2, 0.25) is 0 Å². The molecule has 0 bridgehead atoms. The molecule has 0 saturated carbocycles. The van der Waals surface area contributed by atoms with E-state index in [4.69, 9.17) is 15.0 Å². The van der Waals surface area contributed by atoms with Crippen molar-refractivity contribution >= 4 is 31.5 Å². The summed E-state index contributed by atoms with van der Waals surface area (Å²) in [6, 6.07) is 58.3. The highest BCUT2D eigenvalue weighted by molar-refractivity contribution is 7.26. The van der Waals surface area contributed by atoms with E-state index >= 15 is 0 Å². The predicted octanol–water partition coefficient (Wildman–Crippen LogP) is 12.9. The highest BCUT2D eigenvalue weighted by atomic mass is 32.1. The first-order chi connectivity index (χ1) is 25.5. The zero-order valence-corrected chi connectivity index (χ0v) is 29.7. The van der Waals surface area contributed by atoms with E-state index in [1.54, 1.807) is 0 Å². The van der Waals surface area contributed by atoms with Crippen molar-refractivity contribution in [1.82, 2.24) is 15.0 Å². The third kappa shape index (κ3) is 4.98. The van der Waals surface area contributed by atoms with Gasteiger partial charge in [0.25, 0.3) is 0 Å². The van der Waals surface area contributed by atoms with Crippen LogP contribution in [-0.4, -0.2) is 15.0 Å². The molecule has 2 heterocycles. The van der Waals surface area contributed by atoms with Crippen LogP contribution in [0.25, 0.3) is 87.7 Å². The fourth-order valence-corrected chi connectivity index (χ4v) is 9.08. The number of rotatable bonds is 5. The summed E-state index contributed by atoms with van der Waals surface area (Å²) in [6.07, 6.45) is 0. The highest BCUT2D eigenvalue weighted by Gasteiger charge is 2.35. The summed E-state index contributed by atoms with van der Waals surface area (Å²) < 4.78 is 2.48. The smallest absolute Gasteiger partial charge is 0.164 e. The Kier molecular flexibility index (Phi) is 7.02. The number of aromatic nitrogens is 3. The SMILES string of the molecule is CC1(C)c2ccccc2-c2cc(-c3cccc(-c4nc(-c5ccccc5)nc(-c5ccc6c(c5)sc5cccc(-c7ccccc7)c56)n4)c3)ccc21. The third-order valence-corrected chi connectivity index (χ3v) is 11.7. The molecular weight excluding hydrogens is 651 g/mol. The molecule has 10 rings (SSSR count). The molecule has 0 unspecified atom stereocenters. The van der Waals surface area contributed by atoms with Crippen molar-refractivity contribution in [3.63, 3.8) is 0 Å². The van der Waals surface area contributed by atoms with Gasteiger partial charge in [0.15, 0.2) is 17.5 Å². The Morgan fingerprint density at radius 3 is 1.73 bits per heavy atom. The maximum Gasteiger partial charge on any atom is 0.164 e. The maximum atomic E-state index is 5.15. The molecule has 0 atom stereocenters. The van der Waals surface area contributed by atoms with Gasteiger partial charge >= 0.3 is 0 Å². The van der Waals surface area contributed by atoms with Gasteiger partial charge in [-0.25, -0.2) is 15.0 Å². The molecule has 7 aromatic carbocycles. The van der Waals surface area contributed by atoms with Crippen LogP contribution < -0.4 is 0 Å². The minimum absolute atomic E-state index is 0.0234.